The Hall–Kier alpha value is -1.21. The molecule has 1 aliphatic rings. The Kier molecular flexibility index (Phi) is 7.74. The quantitative estimate of drug-likeness (QED) is 0.604. The van der Waals surface area contributed by atoms with Gasteiger partial charge in [0.25, 0.3) is 0 Å². The van der Waals surface area contributed by atoms with E-state index in [1.54, 1.807) is 30.3 Å². The molecule has 128 valence electrons. The molecule has 1 saturated heterocycles. The predicted molar refractivity (Wildman–Crippen MR) is 101 cm³/mol. The van der Waals surface area contributed by atoms with Crippen LogP contribution in [0.1, 0.15) is 17.7 Å². The van der Waals surface area contributed by atoms with Crippen LogP contribution in [0.3, 0.4) is 0 Å². The molecule has 7 heteroatoms. The standard InChI is InChI=1S/C16H26N4OS2/c1-20(2)15(21)11-18-16(19-13-5-3-9-22-12-13)17-8-7-14-6-4-10-23-14/h4,6,10,13H,3,5,7-9,11-12H2,1-2H3,(H2,17,18,19). The van der Waals surface area contributed by atoms with Crippen molar-refractivity contribution < 1.29 is 4.79 Å². The molecule has 0 radical (unpaired) electrons. The fraction of sp³-hybridized carbons (Fsp3) is 0.625. The van der Waals surface area contributed by atoms with E-state index < -0.39 is 0 Å². The van der Waals surface area contributed by atoms with Crippen LogP contribution in [-0.4, -0.2) is 61.5 Å². The van der Waals surface area contributed by atoms with Gasteiger partial charge in [-0.2, -0.15) is 11.8 Å². The molecule has 0 aromatic carbocycles. The molecule has 1 amide bonds. The number of carbonyl (C=O) groups is 1. The molecule has 2 rings (SSSR count). The summed E-state index contributed by atoms with van der Waals surface area (Å²) in [4.78, 5) is 19.1. The second kappa shape index (κ2) is 9.82. The number of rotatable bonds is 6. The van der Waals surface area contributed by atoms with Crippen LogP contribution in [0.5, 0.6) is 0 Å². The zero-order valence-electron chi connectivity index (χ0n) is 13.9. The van der Waals surface area contributed by atoms with E-state index in [-0.39, 0.29) is 12.5 Å². The molecule has 1 unspecified atom stereocenters. The summed E-state index contributed by atoms with van der Waals surface area (Å²) in [7, 11) is 3.51. The van der Waals surface area contributed by atoms with Gasteiger partial charge in [-0.05, 0) is 36.5 Å². The van der Waals surface area contributed by atoms with Crippen LogP contribution in [0.15, 0.2) is 22.5 Å². The minimum atomic E-state index is 0.0161. The summed E-state index contributed by atoms with van der Waals surface area (Å²) in [5, 5.41) is 8.94. The zero-order chi connectivity index (χ0) is 16.5. The summed E-state index contributed by atoms with van der Waals surface area (Å²) >= 11 is 3.75. The van der Waals surface area contributed by atoms with Gasteiger partial charge in [0.05, 0.1) is 0 Å². The molecular weight excluding hydrogens is 328 g/mol. The molecule has 5 nitrogen and oxygen atoms in total. The SMILES string of the molecule is CN(C)C(=O)CN=C(NCCc1cccs1)NC1CCCSC1. The van der Waals surface area contributed by atoms with Gasteiger partial charge < -0.3 is 15.5 Å². The van der Waals surface area contributed by atoms with Crippen LogP contribution in [-0.2, 0) is 11.2 Å². The molecule has 1 aromatic heterocycles. The van der Waals surface area contributed by atoms with Gasteiger partial charge in [0.2, 0.25) is 5.91 Å². The number of likely N-dealkylation sites (N-methyl/N-ethyl adjacent to an activating group) is 1. The molecular formula is C16H26N4OS2. The monoisotopic (exact) mass is 354 g/mol. The zero-order valence-corrected chi connectivity index (χ0v) is 15.5. The Morgan fingerprint density at radius 1 is 1.48 bits per heavy atom. The van der Waals surface area contributed by atoms with Gasteiger partial charge in [-0.15, -0.1) is 11.3 Å². The molecule has 1 atom stereocenters. The molecule has 0 aliphatic carbocycles. The third-order valence-electron chi connectivity index (χ3n) is 3.62. The smallest absolute Gasteiger partial charge is 0.243 e. The fourth-order valence-corrected chi connectivity index (χ4v) is 4.03. The number of thiophene rings is 1. The Morgan fingerprint density at radius 2 is 2.35 bits per heavy atom. The van der Waals surface area contributed by atoms with Crippen LogP contribution in [0.4, 0.5) is 0 Å². The Bertz CT molecular complexity index is 496. The Balaban J connectivity index is 1.86. The van der Waals surface area contributed by atoms with E-state index in [1.807, 2.05) is 11.8 Å². The lowest BCUT2D eigenvalue weighted by atomic mass is 10.2. The summed E-state index contributed by atoms with van der Waals surface area (Å²) in [5.74, 6) is 3.12. The second-order valence-electron chi connectivity index (χ2n) is 5.77. The minimum Gasteiger partial charge on any atom is -0.356 e. The van der Waals surface area contributed by atoms with Gasteiger partial charge >= 0.3 is 0 Å². The number of nitrogens with zero attached hydrogens (tertiary/aromatic N) is 2. The molecule has 0 bridgehead atoms. The predicted octanol–water partition coefficient (Wildman–Crippen LogP) is 1.81. The van der Waals surface area contributed by atoms with Gasteiger partial charge in [0, 0.05) is 37.3 Å². The number of nitrogens with one attached hydrogen (secondary N) is 2. The van der Waals surface area contributed by atoms with Crippen molar-refractivity contribution >= 4 is 35.0 Å². The number of amides is 1. The summed E-state index contributed by atoms with van der Waals surface area (Å²) in [6, 6.07) is 4.66. The minimum absolute atomic E-state index is 0.0161. The lowest BCUT2D eigenvalue weighted by Gasteiger charge is -2.25. The van der Waals surface area contributed by atoms with Crippen molar-refractivity contribution in [1.29, 1.82) is 0 Å². The number of guanidine groups is 1. The summed E-state index contributed by atoms with van der Waals surface area (Å²) in [6.07, 6.45) is 3.38. The van der Waals surface area contributed by atoms with Crippen LogP contribution in [0.25, 0.3) is 0 Å². The maximum absolute atomic E-state index is 11.8. The highest BCUT2D eigenvalue weighted by Gasteiger charge is 2.15. The van der Waals surface area contributed by atoms with E-state index in [1.165, 1.54) is 23.5 Å². The molecule has 1 fully saturated rings. The van der Waals surface area contributed by atoms with Crippen LogP contribution >= 0.6 is 23.1 Å². The third kappa shape index (κ3) is 6.83. The van der Waals surface area contributed by atoms with Crippen LogP contribution < -0.4 is 10.6 Å². The van der Waals surface area contributed by atoms with Crippen molar-refractivity contribution in [2.45, 2.75) is 25.3 Å². The second-order valence-corrected chi connectivity index (χ2v) is 7.95. The van der Waals surface area contributed by atoms with Crippen molar-refractivity contribution in [3.8, 4) is 0 Å². The molecule has 0 spiro atoms. The van der Waals surface area contributed by atoms with E-state index >= 15 is 0 Å². The van der Waals surface area contributed by atoms with Crippen molar-refractivity contribution in [3.63, 3.8) is 0 Å². The molecule has 1 aromatic rings. The molecule has 1 aliphatic heterocycles. The van der Waals surface area contributed by atoms with Crippen molar-refractivity contribution in [2.75, 3.05) is 38.7 Å². The van der Waals surface area contributed by atoms with Crippen molar-refractivity contribution in [2.24, 2.45) is 4.99 Å². The Morgan fingerprint density at radius 3 is 3.00 bits per heavy atom. The fourth-order valence-electron chi connectivity index (χ4n) is 2.25. The highest BCUT2D eigenvalue weighted by atomic mass is 32.2. The average molecular weight is 355 g/mol. The molecule has 0 saturated carbocycles. The first-order valence-corrected chi connectivity index (χ1v) is 10.0. The third-order valence-corrected chi connectivity index (χ3v) is 5.77. The van der Waals surface area contributed by atoms with Crippen molar-refractivity contribution in [3.05, 3.63) is 22.4 Å². The largest absolute Gasteiger partial charge is 0.356 e. The van der Waals surface area contributed by atoms with Crippen molar-refractivity contribution in [1.82, 2.24) is 15.5 Å². The summed E-state index contributed by atoms with van der Waals surface area (Å²) in [5.41, 5.74) is 0. The number of hydrogen-bond donors (Lipinski definition) is 2. The number of hydrogen-bond acceptors (Lipinski definition) is 4. The van der Waals surface area contributed by atoms with Gasteiger partial charge in [-0.1, -0.05) is 6.07 Å². The molecule has 2 N–H and O–H groups in total. The van der Waals surface area contributed by atoms with Gasteiger partial charge in [-0.3, -0.25) is 4.79 Å². The summed E-state index contributed by atoms with van der Waals surface area (Å²) < 4.78 is 0. The highest BCUT2D eigenvalue weighted by Crippen LogP contribution is 2.16. The van der Waals surface area contributed by atoms with Gasteiger partial charge in [0.15, 0.2) is 5.96 Å². The van der Waals surface area contributed by atoms with E-state index in [2.05, 4.69) is 33.1 Å². The first-order chi connectivity index (χ1) is 11.1. The van der Waals surface area contributed by atoms with Crippen LogP contribution in [0.2, 0.25) is 0 Å². The van der Waals surface area contributed by atoms with E-state index in [0.29, 0.717) is 6.04 Å². The lowest BCUT2D eigenvalue weighted by molar-refractivity contribution is -0.127. The number of carbonyl (C=O) groups excluding carboxylic acids is 1. The topological polar surface area (TPSA) is 56.7 Å². The maximum atomic E-state index is 11.8. The average Bonchev–Trinajstić information content (AvgIpc) is 3.06. The van der Waals surface area contributed by atoms with E-state index in [4.69, 9.17) is 0 Å². The van der Waals surface area contributed by atoms with Gasteiger partial charge in [0.1, 0.15) is 6.54 Å². The highest BCUT2D eigenvalue weighted by molar-refractivity contribution is 7.99. The van der Waals surface area contributed by atoms with Gasteiger partial charge in [-0.25, -0.2) is 4.99 Å². The molecule has 2 heterocycles. The first-order valence-electron chi connectivity index (χ1n) is 8.00. The lowest BCUT2D eigenvalue weighted by Crippen LogP contribution is -2.46. The Labute approximate surface area is 146 Å². The first kappa shape index (κ1) is 18.1. The molecule has 23 heavy (non-hydrogen) atoms. The van der Waals surface area contributed by atoms with E-state index in [0.717, 1.165) is 24.7 Å². The maximum Gasteiger partial charge on any atom is 0.243 e. The summed E-state index contributed by atoms with van der Waals surface area (Å²) in [6.45, 7) is 1.00. The normalized spacial score (nSPS) is 18.5. The number of thioether (sulfide) groups is 1. The number of aliphatic imine (C=N–C) groups is 1. The van der Waals surface area contributed by atoms with Crippen LogP contribution in [0, 0.1) is 0 Å². The van der Waals surface area contributed by atoms with E-state index in [9.17, 15) is 4.79 Å².